The van der Waals surface area contributed by atoms with E-state index in [1.165, 1.54) is 12.0 Å². The number of nitrogens with one attached hydrogen (secondary N) is 1. The first-order valence-electron chi connectivity index (χ1n) is 9.93. The lowest BCUT2D eigenvalue weighted by molar-refractivity contribution is -0.134. The molecule has 2 aromatic carbocycles. The van der Waals surface area contributed by atoms with Gasteiger partial charge in [0.25, 0.3) is 5.91 Å². The summed E-state index contributed by atoms with van der Waals surface area (Å²) in [7, 11) is 1.99. The number of para-hydroxylation sites is 1. The number of rotatable bonds is 8. The van der Waals surface area contributed by atoms with Crippen molar-refractivity contribution >= 4 is 18.3 Å². The summed E-state index contributed by atoms with van der Waals surface area (Å²) < 4.78 is 5.91. The Bertz CT molecular complexity index is 716. The van der Waals surface area contributed by atoms with Crippen LogP contribution in [0.1, 0.15) is 30.4 Å². The van der Waals surface area contributed by atoms with Gasteiger partial charge in [-0.15, -0.1) is 12.4 Å². The molecule has 1 fully saturated rings. The first-order chi connectivity index (χ1) is 13.3. The van der Waals surface area contributed by atoms with Gasteiger partial charge in [0.05, 0.1) is 0 Å². The highest BCUT2D eigenvalue weighted by Crippen LogP contribution is 2.23. The van der Waals surface area contributed by atoms with Gasteiger partial charge in [-0.3, -0.25) is 4.79 Å². The fraction of sp³-hybridized carbons (Fsp3) is 0.435. The van der Waals surface area contributed by atoms with Crippen LogP contribution in [-0.2, 0) is 11.2 Å². The Kier molecular flexibility index (Phi) is 9.32. The number of piperidine rings is 1. The summed E-state index contributed by atoms with van der Waals surface area (Å²) in [5, 5.41) is 3.21. The lowest BCUT2D eigenvalue weighted by Crippen LogP contribution is -2.41. The van der Waals surface area contributed by atoms with E-state index in [-0.39, 0.29) is 24.9 Å². The Morgan fingerprint density at radius 2 is 1.75 bits per heavy atom. The van der Waals surface area contributed by atoms with Crippen molar-refractivity contribution in [1.82, 2.24) is 10.2 Å². The molecule has 0 spiro atoms. The van der Waals surface area contributed by atoms with E-state index in [1.807, 2.05) is 48.3 Å². The first-order valence-corrected chi connectivity index (χ1v) is 9.93. The second-order valence-electron chi connectivity index (χ2n) is 7.28. The van der Waals surface area contributed by atoms with Gasteiger partial charge >= 0.3 is 0 Å². The fourth-order valence-corrected chi connectivity index (χ4v) is 3.66. The Morgan fingerprint density at radius 1 is 1.07 bits per heavy atom. The van der Waals surface area contributed by atoms with Crippen molar-refractivity contribution in [3.63, 3.8) is 0 Å². The average Bonchev–Trinajstić information content (AvgIpc) is 2.72. The van der Waals surface area contributed by atoms with Gasteiger partial charge in [-0.1, -0.05) is 48.5 Å². The first kappa shape index (κ1) is 22.3. The standard InChI is InChI=1S/C23H30N2O2.ClH/c1-24-14-11-19-12-15-25(16-13-19)23(26)18-27-22-10-6-5-9-21(22)17-20-7-3-2-4-8-20;/h2-10,19,24H,11-18H2,1H3;1H. The van der Waals surface area contributed by atoms with E-state index in [0.29, 0.717) is 0 Å². The quantitative estimate of drug-likeness (QED) is 0.727. The number of nitrogens with zero attached hydrogens (tertiary/aromatic N) is 1. The molecule has 0 bridgehead atoms. The highest BCUT2D eigenvalue weighted by atomic mass is 35.5. The Labute approximate surface area is 174 Å². The van der Waals surface area contributed by atoms with Gasteiger partial charge in [-0.05, 0) is 56.0 Å². The minimum absolute atomic E-state index is 0. The molecule has 3 rings (SSSR count). The molecule has 0 aromatic heterocycles. The van der Waals surface area contributed by atoms with Gasteiger partial charge < -0.3 is 15.0 Å². The van der Waals surface area contributed by atoms with E-state index in [4.69, 9.17) is 4.74 Å². The highest BCUT2D eigenvalue weighted by Gasteiger charge is 2.22. The summed E-state index contributed by atoms with van der Waals surface area (Å²) in [6, 6.07) is 18.3. The van der Waals surface area contributed by atoms with Gasteiger partial charge in [0.1, 0.15) is 5.75 Å². The van der Waals surface area contributed by atoms with Crippen LogP contribution in [0.5, 0.6) is 5.75 Å². The van der Waals surface area contributed by atoms with Crippen molar-refractivity contribution in [2.75, 3.05) is 33.3 Å². The monoisotopic (exact) mass is 402 g/mol. The van der Waals surface area contributed by atoms with Crippen LogP contribution in [-0.4, -0.2) is 44.1 Å². The van der Waals surface area contributed by atoms with Crippen molar-refractivity contribution in [3.8, 4) is 5.75 Å². The Balaban J connectivity index is 0.00000280. The molecule has 0 aliphatic carbocycles. The summed E-state index contributed by atoms with van der Waals surface area (Å²) in [4.78, 5) is 14.5. The predicted molar refractivity (Wildman–Crippen MR) is 116 cm³/mol. The molecule has 1 aliphatic heterocycles. The molecular weight excluding hydrogens is 372 g/mol. The zero-order valence-electron chi connectivity index (χ0n) is 16.6. The van der Waals surface area contributed by atoms with Crippen molar-refractivity contribution in [2.24, 2.45) is 5.92 Å². The highest BCUT2D eigenvalue weighted by molar-refractivity contribution is 5.85. The van der Waals surface area contributed by atoms with Crippen molar-refractivity contribution in [3.05, 3.63) is 65.7 Å². The fourth-order valence-electron chi connectivity index (χ4n) is 3.66. The molecule has 5 heteroatoms. The number of carbonyl (C=O) groups is 1. The number of hydrogen-bond donors (Lipinski definition) is 1. The zero-order valence-corrected chi connectivity index (χ0v) is 17.4. The third kappa shape index (κ3) is 6.54. The van der Waals surface area contributed by atoms with Gasteiger partial charge in [0, 0.05) is 19.5 Å². The normalized spacial score (nSPS) is 14.4. The molecule has 152 valence electrons. The van der Waals surface area contributed by atoms with Crippen LogP contribution >= 0.6 is 12.4 Å². The second kappa shape index (κ2) is 11.7. The summed E-state index contributed by atoms with van der Waals surface area (Å²) in [5.41, 5.74) is 2.35. The van der Waals surface area contributed by atoms with Crippen LogP contribution in [0.2, 0.25) is 0 Å². The third-order valence-electron chi connectivity index (χ3n) is 5.33. The molecule has 0 unspecified atom stereocenters. The van der Waals surface area contributed by atoms with Crippen LogP contribution in [0.3, 0.4) is 0 Å². The van der Waals surface area contributed by atoms with Crippen molar-refractivity contribution < 1.29 is 9.53 Å². The predicted octanol–water partition coefficient (Wildman–Crippen LogP) is 3.93. The van der Waals surface area contributed by atoms with Crippen LogP contribution < -0.4 is 10.1 Å². The third-order valence-corrected chi connectivity index (χ3v) is 5.33. The van der Waals surface area contributed by atoms with E-state index in [0.717, 1.165) is 56.1 Å². The molecule has 1 aliphatic rings. The summed E-state index contributed by atoms with van der Waals surface area (Å²) in [6.45, 7) is 2.87. The zero-order chi connectivity index (χ0) is 18.9. The second-order valence-corrected chi connectivity index (χ2v) is 7.28. The average molecular weight is 403 g/mol. The SMILES string of the molecule is CNCCC1CCN(C(=O)COc2ccccc2Cc2ccccc2)CC1.Cl. The lowest BCUT2D eigenvalue weighted by atomic mass is 9.93. The number of likely N-dealkylation sites (tertiary alicyclic amines) is 1. The summed E-state index contributed by atoms with van der Waals surface area (Å²) in [6.07, 6.45) is 4.19. The molecule has 1 heterocycles. The van der Waals surface area contributed by atoms with Crippen LogP contribution in [0, 0.1) is 5.92 Å². The smallest absolute Gasteiger partial charge is 0.260 e. The van der Waals surface area contributed by atoms with Gasteiger partial charge in [-0.25, -0.2) is 0 Å². The van der Waals surface area contributed by atoms with E-state index in [1.54, 1.807) is 0 Å². The number of amides is 1. The van der Waals surface area contributed by atoms with E-state index >= 15 is 0 Å². The van der Waals surface area contributed by atoms with E-state index < -0.39 is 0 Å². The lowest BCUT2D eigenvalue weighted by Gasteiger charge is -2.32. The minimum Gasteiger partial charge on any atom is -0.483 e. The number of hydrogen-bond acceptors (Lipinski definition) is 3. The minimum atomic E-state index is 0. The van der Waals surface area contributed by atoms with Crippen LogP contribution in [0.15, 0.2) is 54.6 Å². The molecule has 0 atom stereocenters. The molecule has 0 radical (unpaired) electrons. The molecule has 4 nitrogen and oxygen atoms in total. The molecule has 28 heavy (non-hydrogen) atoms. The summed E-state index contributed by atoms with van der Waals surface area (Å²) in [5.74, 6) is 1.63. The van der Waals surface area contributed by atoms with E-state index in [2.05, 4.69) is 23.5 Å². The van der Waals surface area contributed by atoms with Gasteiger partial charge in [0.2, 0.25) is 0 Å². The molecule has 1 saturated heterocycles. The maximum atomic E-state index is 12.6. The number of benzene rings is 2. The maximum absolute atomic E-state index is 12.6. The Hall–Kier alpha value is -2.04. The Morgan fingerprint density at radius 3 is 2.46 bits per heavy atom. The number of carbonyl (C=O) groups excluding carboxylic acids is 1. The van der Waals surface area contributed by atoms with Crippen molar-refractivity contribution in [1.29, 1.82) is 0 Å². The molecule has 1 amide bonds. The molecular formula is C23H31ClN2O2. The van der Waals surface area contributed by atoms with Crippen LogP contribution in [0.4, 0.5) is 0 Å². The molecule has 2 aromatic rings. The van der Waals surface area contributed by atoms with Crippen LogP contribution in [0.25, 0.3) is 0 Å². The van der Waals surface area contributed by atoms with Gasteiger partial charge in [0.15, 0.2) is 6.61 Å². The largest absolute Gasteiger partial charge is 0.483 e. The van der Waals surface area contributed by atoms with Crippen molar-refractivity contribution in [2.45, 2.75) is 25.7 Å². The number of ether oxygens (including phenoxy) is 1. The maximum Gasteiger partial charge on any atom is 0.260 e. The van der Waals surface area contributed by atoms with E-state index in [9.17, 15) is 4.79 Å². The van der Waals surface area contributed by atoms with Gasteiger partial charge in [-0.2, -0.15) is 0 Å². The summed E-state index contributed by atoms with van der Waals surface area (Å²) >= 11 is 0. The topological polar surface area (TPSA) is 41.6 Å². The molecule has 1 N–H and O–H groups in total. The molecule has 0 saturated carbocycles. The number of halogens is 1.